The van der Waals surface area contributed by atoms with Gasteiger partial charge in [-0.2, -0.15) is 0 Å². The highest BCUT2D eigenvalue weighted by Gasteiger charge is 2.25. The summed E-state index contributed by atoms with van der Waals surface area (Å²) in [4.78, 5) is 21.3. The Morgan fingerprint density at radius 2 is 1.68 bits per heavy atom. The third-order valence-corrected chi connectivity index (χ3v) is 6.23. The van der Waals surface area contributed by atoms with Crippen LogP contribution in [-0.2, 0) is 20.0 Å². The molecule has 150 valence electrons. The second-order valence-electron chi connectivity index (χ2n) is 8.52. The molecule has 4 rings (SSSR count). The number of rotatable bonds is 5. The van der Waals surface area contributed by atoms with Gasteiger partial charge in [0.25, 0.3) is 5.91 Å². The highest BCUT2D eigenvalue weighted by atomic mass is 16.2. The van der Waals surface area contributed by atoms with Crippen molar-refractivity contribution in [2.45, 2.75) is 45.1 Å². The van der Waals surface area contributed by atoms with Crippen molar-refractivity contribution in [2.24, 2.45) is 13.0 Å². The standard InChI is InChI=1S/C23H32N4O/c1-25-17-22(24-18-25)23(28)27-13-9-20(10-14-27)15-19-5-7-21(8-6-19)16-26-11-3-2-4-12-26/h5-8,17-18,20H,2-4,9-16H2,1H3. The average molecular weight is 381 g/mol. The SMILES string of the molecule is Cn1cnc(C(=O)N2CCC(Cc3ccc(CN4CCCCC4)cc3)CC2)c1. The lowest BCUT2D eigenvalue weighted by Crippen LogP contribution is -2.39. The molecular formula is C23H32N4O. The fraction of sp³-hybridized carbons (Fsp3) is 0.565. The normalized spacial score (nSPS) is 19.1. The van der Waals surface area contributed by atoms with Gasteiger partial charge in [0.1, 0.15) is 5.69 Å². The molecule has 2 aromatic rings. The topological polar surface area (TPSA) is 41.4 Å². The number of piperidine rings is 2. The Bertz CT molecular complexity index is 768. The number of imidazole rings is 1. The number of aryl methyl sites for hydroxylation is 1. The van der Waals surface area contributed by atoms with Crippen LogP contribution in [-0.4, -0.2) is 51.4 Å². The van der Waals surface area contributed by atoms with Crippen molar-refractivity contribution in [1.82, 2.24) is 19.4 Å². The quantitative estimate of drug-likeness (QED) is 0.797. The van der Waals surface area contributed by atoms with E-state index in [0.29, 0.717) is 11.6 Å². The highest BCUT2D eigenvalue weighted by molar-refractivity contribution is 5.92. The van der Waals surface area contributed by atoms with Crippen molar-refractivity contribution < 1.29 is 4.79 Å². The number of hydrogen-bond donors (Lipinski definition) is 0. The van der Waals surface area contributed by atoms with E-state index in [4.69, 9.17) is 0 Å². The molecule has 0 unspecified atom stereocenters. The smallest absolute Gasteiger partial charge is 0.274 e. The summed E-state index contributed by atoms with van der Waals surface area (Å²) < 4.78 is 1.83. The number of hydrogen-bond acceptors (Lipinski definition) is 3. The fourth-order valence-electron chi connectivity index (χ4n) is 4.52. The van der Waals surface area contributed by atoms with Gasteiger partial charge in [0, 0.05) is 32.9 Å². The third kappa shape index (κ3) is 4.82. The lowest BCUT2D eigenvalue weighted by molar-refractivity contribution is 0.0685. The Kier molecular flexibility index (Phi) is 6.10. The van der Waals surface area contributed by atoms with Gasteiger partial charge in [-0.05, 0) is 62.2 Å². The zero-order valence-corrected chi connectivity index (χ0v) is 17.0. The summed E-state index contributed by atoms with van der Waals surface area (Å²) in [5, 5.41) is 0. The van der Waals surface area contributed by atoms with E-state index in [0.717, 1.165) is 38.9 Å². The Balaban J connectivity index is 1.24. The first-order chi connectivity index (χ1) is 13.7. The van der Waals surface area contributed by atoms with E-state index >= 15 is 0 Å². The van der Waals surface area contributed by atoms with Crippen molar-refractivity contribution in [1.29, 1.82) is 0 Å². The van der Waals surface area contributed by atoms with Gasteiger partial charge >= 0.3 is 0 Å². The number of nitrogens with zero attached hydrogens (tertiary/aromatic N) is 4. The van der Waals surface area contributed by atoms with Gasteiger partial charge in [-0.1, -0.05) is 30.7 Å². The predicted octanol–water partition coefficient (Wildman–Crippen LogP) is 3.50. The number of amides is 1. The molecule has 3 heterocycles. The van der Waals surface area contributed by atoms with Gasteiger partial charge in [-0.25, -0.2) is 4.98 Å². The maximum Gasteiger partial charge on any atom is 0.274 e. The first-order valence-corrected chi connectivity index (χ1v) is 10.7. The van der Waals surface area contributed by atoms with Gasteiger partial charge in [0.05, 0.1) is 6.33 Å². The molecule has 2 saturated heterocycles. The van der Waals surface area contributed by atoms with Crippen LogP contribution in [0.4, 0.5) is 0 Å². The molecule has 1 aromatic carbocycles. The van der Waals surface area contributed by atoms with Gasteiger partial charge in [0.2, 0.25) is 0 Å². The van der Waals surface area contributed by atoms with Crippen LogP contribution in [0, 0.1) is 5.92 Å². The molecule has 5 heteroatoms. The van der Waals surface area contributed by atoms with E-state index in [-0.39, 0.29) is 5.91 Å². The summed E-state index contributed by atoms with van der Waals surface area (Å²) in [5.41, 5.74) is 3.42. The predicted molar refractivity (Wildman–Crippen MR) is 111 cm³/mol. The molecule has 0 saturated carbocycles. The molecule has 28 heavy (non-hydrogen) atoms. The van der Waals surface area contributed by atoms with Crippen molar-refractivity contribution in [3.8, 4) is 0 Å². The average Bonchev–Trinajstić information content (AvgIpc) is 3.17. The van der Waals surface area contributed by atoms with Crippen LogP contribution in [0.5, 0.6) is 0 Å². The maximum atomic E-state index is 12.5. The van der Waals surface area contributed by atoms with E-state index in [1.54, 1.807) is 12.5 Å². The summed E-state index contributed by atoms with van der Waals surface area (Å²) >= 11 is 0. The minimum Gasteiger partial charge on any atom is -0.340 e. The maximum absolute atomic E-state index is 12.5. The van der Waals surface area contributed by atoms with Crippen LogP contribution in [0.25, 0.3) is 0 Å². The summed E-state index contributed by atoms with van der Waals surface area (Å²) in [7, 11) is 1.90. The van der Waals surface area contributed by atoms with E-state index in [1.165, 1.54) is 43.5 Å². The van der Waals surface area contributed by atoms with Gasteiger partial charge in [-0.15, -0.1) is 0 Å². The summed E-state index contributed by atoms with van der Waals surface area (Å²) in [6, 6.07) is 9.24. The molecule has 1 aromatic heterocycles. The number of likely N-dealkylation sites (tertiary alicyclic amines) is 2. The molecule has 0 atom stereocenters. The van der Waals surface area contributed by atoms with Gasteiger partial charge in [-0.3, -0.25) is 9.69 Å². The first kappa shape index (κ1) is 19.2. The van der Waals surface area contributed by atoms with Crippen LogP contribution in [0.2, 0.25) is 0 Å². The highest BCUT2D eigenvalue weighted by Crippen LogP contribution is 2.23. The van der Waals surface area contributed by atoms with Crippen molar-refractivity contribution in [3.05, 3.63) is 53.6 Å². The minimum absolute atomic E-state index is 0.0705. The monoisotopic (exact) mass is 380 g/mol. The van der Waals surface area contributed by atoms with Crippen molar-refractivity contribution in [3.63, 3.8) is 0 Å². The fourth-order valence-corrected chi connectivity index (χ4v) is 4.52. The molecule has 0 radical (unpaired) electrons. The molecule has 0 aliphatic carbocycles. The van der Waals surface area contributed by atoms with Crippen molar-refractivity contribution in [2.75, 3.05) is 26.2 Å². The molecular weight excluding hydrogens is 348 g/mol. The number of carbonyl (C=O) groups is 1. The third-order valence-electron chi connectivity index (χ3n) is 6.23. The summed E-state index contributed by atoms with van der Waals surface area (Å²) in [6.45, 7) is 5.27. The molecule has 0 bridgehead atoms. The van der Waals surface area contributed by atoms with E-state index in [9.17, 15) is 4.79 Å². The van der Waals surface area contributed by atoms with Crippen LogP contribution >= 0.6 is 0 Å². The minimum atomic E-state index is 0.0705. The molecule has 1 amide bonds. The molecule has 5 nitrogen and oxygen atoms in total. The second kappa shape index (κ2) is 8.91. The Labute approximate surface area is 168 Å². The number of benzene rings is 1. The zero-order valence-electron chi connectivity index (χ0n) is 17.0. The molecule has 0 N–H and O–H groups in total. The largest absolute Gasteiger partial charge is 0.340 e. The first-order valence-electron chi connectivity index (χ1n) is 10.7. The van der Waals surface area contributed by atoms with Crippen LogP contribution in [0.1, 0.15) is 53.7 Å². The molecule has 0 spiro atoms. The second-order valence-corrected chi connectivity index (χ2v) is 8.52. The molecule has 2 fully saturated rings. The van der Waals surface area contributed by atoms with Crippen LogP contribution < -0.4 is 0 Å². The lowest BCUT2D eigenvalue weighted by atomic mass is 9.90. The molecule has 2 aliphatic rings. The summed E-state index contributed by atoms with van der Waals surface area (Å²) in [5.74, 6) is 0.738. The Hall–Kier alpha value is -2.14. The summed E-state index contributed by atoms with van der Waals surface area (Å²) in [6.07, 6.45) is 10.9. The number of carbonyl (C=O) groups excluding carboxylic acids is 1. The lowest BCUT2D eigenvalue weighted by Gasteiger charge is -2.31. The van der Waals surface area contributed by atoms with Crippen LogP contribution in [0.3, 0.4) is 0 Å². The number of aromatic nitrogens is 2. The Morgan fingerprint density at radius 3 is 2.32 bits per heavy atom. The van der Waals surface area contributed by atoms with E-state index in [1.807, 2.05) is 16.5 Å². The van der Waals surface area contributed by atoms with E-state index in [2.05, 4.69) is 34.1 Å². The van der Waals surface area contributed by atoms with Crippen LogP contribution in [0.15, 0.2) is 36.8 Å². The molecule has 2 aliphatic heterocycles. The van der Waals surface area contributed by atoms with Gasteiger partial charge < -0.3 is 9.47 Å². The van der Waals surface area contributed by atoms with Crippen molar-refractivity contribution >= 4 is 5.91 Å². The Morgan fingerprint density at radius 1 is 1.00 bits per heavy atom. The zero-order chi connectivity index (χ0) is 19.3. The van der Waals surface area contributed by atoms with E-state index < -0.39 is 0 Å². The van der Waals surface area contributed by atoms with Gasteiger partial charge in [0.15, 0.2) is 0 Å².